The fourth-order valence-electron chi connectivity index (χ4n) is 3.57. The average Bonchev–Trinajstić information content (AvgIpc) is 3.01. The SMILES string of the molecule is CN(C)C(=O)C1CCN(S(=O)(=O)c2ccc3c(c2)CCC3)CC1. The maximum absolute atomic E-state index is 12.8. The van der Waals surface area contributed by atoms with Crippen molar-refractivity contribution in [2.75, 3.05) is 27.2 Å². The van der Waals surface area contributed by atoms with Gasteiger partial charge in [0.1, 0.15) is 0 Å². The van der Waals surface area contributed by atoms with E-state index in [2.05, 4.69) is 0 Å². The van der Waals surface area contributed by atoms with Gasteiger partial charge in [0.25, 0.3) is 0 Å². The Morgan fingerprint density at radius 2 is 1.78 bits per heavy atom. The second-order valence-corrected chi connectivity index (χ2v) is 8.63. The van der Waals surface area contributed by atoms with E-state index in [0.29, 0.717) is 30.8 Å². The Morgan fingerprint density at radius 3 is 2.43 bits per heavy atom. The van der Waals surface area contributed by atoms with E-state index in [0.717, 1.165) is 19.3 Å². The van der Waals surface area contributed by atoms with Crippen LogP contribution in [0.25, 0.3) is 0 Å². The zero-order valence-electron chi connectivity index (χ0n) is 13.8. The minimum Gasteiger partial charge on any atom is -0.349 e. The number of piperidine rings is 1. The number of benzene rings is 1. The lowest BCUT2D eigenvalue weighted by Gasteiger charge is -2.31. The van der Waals surface area contributed by atoms with Gasteiger partial charge in [0, 0.05) is 33.1 Å². The zero-order valence-corrected chi connectivity index (χ0v) is 14.6. The molecule has 0 saturated carbocycles. The molecule has 1 aromatic rings. The summed E-state index contributed by atoms with van der Waals surface area (Å²) in [5.74, 6) is 0.0380. The number of hydrogen-bond acceptors (Lipinski definition) is 3. The highest BCUT2D eigenvalue weighted by Crippen LogP contribution is 2.28. The van der Waals surface area contributed by atoms with E-state index in [1.54, 1.807) is 25.1 Å². The van der Waals surface area contributed by atoms with E-state index in [9.17, 15) is 13.2 Å². The molecule has 0 atom stereocenters. The minimum atomic E-state index is -3.44. The smallest absolute Gasteiger partial charge is 0.243 e. The van der Waals surface area contributed by atoms with Crippen LogP contribution in [0.4, 0.5) is 0 Å². The molecular formula is C17H24N2O3S. The summed E-state index contributed by atoms with van der Waals surface area (Å²) in [6, 6.07) is 5.53. The molecule has 0 bridgehead atoms. The number of aryl methyl sites for hydroxylation is 2. The average molecular weight is 336 g/mol. The van der Waals surface area contributed by atoms with E-state index in [1.807, 2.05) is 12.1 Å². The molecule has 126 valence electrons. The van der Waals surface area contributed by atoms with Crippen molar-refractivity contribution in [2.45, 2.75) is 37.0 Å². The van der Waals surface area contributed by atoms with E-state index in [1.165, 1.54) is 15.4 Å². The monoisotopic (exact) mass is 336 g/mol. The van der Waals surface area contributed by atoms with E-state index in [-0.39, 0.29) is 11.8 Å². The lowest BCUT2D eigenvalue weighted by atomic mass is 9.97. The second kappa shape index (κ2) is 6.24. The second-order valence-electron chi connectivity index (χ2n) is 6.70. The van der Waals surface area contributed by atoms with Crippen LogP contribution >= 0.6 is 0 Å². The molecule has 1 amide bonds. The normalized spacial score (nSPS) is 19.6. The zero-order chi connectivity index (χ0) is 16.6. The van der Waals surface area contributed by atoms with Gasteiger partial charge in [-0.15, -0.1) is 0 Å². The highest BCUT2D eigenvalue weighted by molar-refractivity contribution is 7.89. The van der Waals surface area contributed by atoms with Crippen molar-refractivity contribution in [1.29, 1.82) is 0 Å². The summed E-state index contributed by atoms with van der Waals surface area (Å²) < 4.78 is 27.2. The summed E-state index contributed by atoms with van der Waals surface area (Å²) >= 11 is 0. The number of nitrogens with zero attached hydrogens (tertiary/aromatic N) is 2. The topological polar surface area (TPSA) is 57.7 Å². The van der Waals surface area contributed by atoms with Crippen molar-refractivity contribution >= 4 is 15.9 Å². The lowest BCUT2D eigenvalue weighted by molar-refractivity contribution is -0.134. The maximum atomic E-state index is 12.8. The molecule has 0 N–H and O–H groups in total. The predicted molar refractivity (Wildman–Crippen MR) is 88.6 cm³/mol. The third kappa shape index (κ3) is 3.15. The predicted octanol–water partition coefficient (Wildman–Crippen LogP) is 1.66. The summed E-state index contributed by atoms with van der Waals surface area (Å²) in [6.07, 6.45) is 4.32. The molecule has 1 saturated heterocycles. The Bertz CT molecular complexity index is 705. The van der Waals surface area contributed by atoms with Gasteiger partial charge in [-0.3, -0.25) is 4.79 Å². The third-order valence-electron chi connectivity index (χ3n) is 4.95. The van der Waals surface area contributed by atoms with E-state index in [4.69, 9.17) is 0 Å². The van der Waals surface area contributed by atoms with Crippen LogP contribution in [0.1, 0.15) is 30.4 Å². The number of rotatable bonds is 3. The molecular weight excluding hydrogens is 312 g/mol. The summed E-state index contributed by atoms with van der Waals surface area (Å²) in [6.45, 7) is 0.841. The molecule has 2 aliphatic rings. The first-order valence-electron chi connectivity index (χ1n) is 8.22. The fourth-order valence-corrected chi connectivity index (χ4v) is 5.09. The molecule has 1 aliphatic heterocycles. The Balaban J connectivity index is 1.73. The number of sulfonamides is 1. The number of fused-ring (bicyclic) bond motifs is 1. The van der Waals surface area contributed by atoms with Crippen molar-refractivity contribution in [3.8, 4) is 0 Å². The Kier molecular flexibility index (Phi) is 4.47. The van der Waals surface area contributed by atoms with Gasteiger partial charge in [0.2, 0.25) is 15.9 Å². The first-order valence-corrected chi connectivity index (χ1v) is 9.67. The quantitative estimate of drug-likeness (QED) is 0.843. The van der Waals surface area contributed by atoms with Gasteiger partial charge in [0.05, 0.1) is 4.90 Å². The highest BCUT2D eigenvalue weighted by atomic mass is 32.2. The molecule has 3 rings (SSSR count). The van der Waals surface area contributed by atoms with Crippen LogP contribution in [0.5, 0.6) is 0 Å². The minimum absolute atomic E-state index is 0.0588. The third-order valence-corrected chi connectivity index (χ3v) is 6.85. The van der Waals surface area contributed by atoms with Crippen molar-refractivity contribution in [3.63, 3.8) is 0 Å². The van der Waals surface area contributed by atoms with Gasteiger partial charge in [-0.25, -0.2) is 8.42 Å². The first-order chi connectivity index (χ1) is 10.9. The Morgan fingerprint density at radius 1 is 1.13 bits per heavy atom. The number of carbonyl (C=O) groups excluding carboxylic acids is 1. The van der Waals surface area contributed by atoms with Crippen molar-refractivity contribution in [1.82, 2.24) is 9.21 Å². The Hall–Kier alpha value is -1.40. The summed E-state index contributed by atoms with van der Waals surface area (Å²) in [5.41, 5.74) is 2.45. The van der Waals surface area contributed by atoms with Gasteiger partial charge < -0.3 is 4.90 Å². The lowest BCUT2D eigenvalue weighted by Crippen LogP contribution is -2.42. The van der Waals surface area contributed by atoms with Gasteiger partial charge in [-0.2, -0.15) is 4.31 Å². The molecule has 23 heavy (non-hydrogen) atoms. The van der Waals surface area contributed by atoms with Crippen LogP contribution in [0.15, 0.2) is 23.1 Å². The molecule has 1 fully saturated rings. The molecule has 1 aromatic carbocycles. The molecule has 5 nitrogen and oxygen atoms in total. The summed E-state index contributed by atoms with van der Waals surface area (Å²) in [7, 11) is 0.0475. The molecule has 0 aromatic heterocycles. The van der Waals surface area contributed by atoms with Crippen molar-refractivity contribution < 1.29 is 13.2 Å². The number of amides is 1. The van der Waals surface area contributed by atoms with Crippen LogP contribution in [-0.2, 0) is 27.7 Å². The standard InChI is InChI=1S/C17H24N2O3S/c1-18(2)17(20)14-8-10-19(11-9-14)23(21,22)16-7-6-13-4-3-5-15(13)12-16/h6-7,12,14H,3-5,8-11H2,1-2H3. The molecule has 1 heterocycles. The van der Waals surface area contributed by atoms with Crippen molar-refractivity contribution in [3.05, 3.63) is 29.3 Å². The highest BCUT2D eigenvalue weighted by Gasteiger charge is 2.33. The number of carbonyl (C=O) groups is 1. The first kappa shape index (κ1) is 16.5. The molecule has 0 spiro atoms. The molecule has 0 radical (unpaired) electrons. The van der Waals surface area contributed by atoms with Crippen LogP contribution < -0.4 is 0 Å². The van der Waals surface area contributed by atoms with Gasteiger partial charge in [-0.1, -0.05) is 6.07 Å². The van der Waals surface area contributed by atoms with Crippen LogP contribution in [0, 0.1) is 5.92 Å². The van der Waals surface area contributed by atoms with Crippen LogP contribution in [-0.4, -0.2) is 50.7 Å². The van der Waals surface area contributed by atoms with Crippen molar-refractivity contribution in [2.24, 2.45) is 5.92 Å². The van der Waals surface area contributed by atoms with Crippen LogP contribution in [0.3, 0.4) is 0 Å². The van der Waals surface area contributed by atoms with E-state index >= 15 is 0 Å². The molecule has 6 heteroatoms. The van der Waals surface area contributed by atoms with Gasteiger partial charge in [-0.05, 0) is 55.4 Å². The maximum Gasteiger partial charge on any atom is 0.243 e. The fraction of sp³-hybridized carbons (Fsp3) is 0.588. The van der Waals surface area contributed by atoms with Gasteiger partial charge in [0.15, 0.2) is 0 Å². The molecule has 1 aliphatic carbocycles. The number of hydrogen-bond donors (Lipinski definition) is 0. The van der Waals surface area contributed by atoms with E-state index < -0.39 is 10.0 Å². The summed E-state index contributed by atoms with van der Waals surface area (Å²) in [4.78, 5) is 14.0. The van der Waals surface area contributed by atoms with Crippen LogP contribution in [0.2, 0.25) is 0 Å². The summed E-state index contributed by atoms with van der Waals surface area (Å²) in [5, 5.41) is 0. The van der Waals surface area contributed by atoms with Gasteiger partial charge >= 0.3 is 0 Å². The molecule has 0 unspecified atom stereocenters. The largest absolute Gasteiger partial charge is 0.349 e. The Labute approximate surface area is 138 Å².